The molecule has 5 heteroatoms. The van der Waals surface area contributed by atoms with Gasteiger partial charge in [0.15, 0.2) is 0 Å². The van der Waals surface area contributed by atoms with Crippen LogP contribution in [0, 0.1) is 5.92 Å². The van der Waals surface area contributed by atoms with Crippen LogP contribution in [-0.4, -0.2) is 22.2 Å². The van der Waals surface area contributed by atoms with Crippen molar-refractivity contribution in [2.75, 3.05) is 0 Å². The maximum absolute atomic E-state index is 11.0. The second-order valence-corrected chi connectivity index (χ2v) is 3.95. The first-order valence-electron chi connectivity index (χ1n) is 4.85. The van der Waals surface area contributed by atoms with Gasteiger partial charge in [-0.05, 0) is 30.7 Å². The molecule has 0 aliphatic carbocycles. The summed E-state index contributed by atoms with van der Waals surface area (Å²) in [5.74, 6) is -3.48. The van der Waals surface area contributed by atoms with Crippen molar-refractivity contribution in [1.29, 1.82) is 0 Å². The predicted molar refractivity (Wildman–Crippen MR) is 63.9 cm³/mol. The third kappa shape index (κ3) is 3.60. The Bertz CT molecular complexity index is 462. The molecule has 1 rings (SSSR count). The Morgan fingerprint density at radius 3 is 2.18 bits per heavy atom. The molecule has 0 radical (unpaired) electrons. The van der Waals surface area contributed by atoms with Gasteiger partial charge in [0.2, 0.25) is 0 Å². The third-order valence-corrected chi connectivity index (χ3v) is 2.53. The average molecular weight is 255 g/mol. The summed E-state index contributed by atoms with van der Waals surface area (Å²) < 4.78 is 0. The summed E-state index contributed by atoms with van der Waals surface area (Å²) in [4.78, 5) is 21.7. The van der Waals surface area contributed by atoms with Crippen molar-refractivity contribution in [3.8, 4) is 0 Å². The zero-order chi connectivity index (χ0) is 13.0. The van der Waals surface area contributed by atoms with Gasteiger partial charge in [-0.25, -0.2) is 4.79 Å². The number of carboxylic acids is 2. The first-order valence-corrected chi connectivity index (χ1v) is 5.23. The SMILES string of the molecule is C[C@@H](C(=O)O)/C(=C/c1ccc(Cl)cc1)C(=O)O. The van der Waals surface area contributed by atoms with Crippen LogP contribution < -0.4 is 0 Å². The number of carboxylic acid groups (broad SMARTS) is 2. The molecule has 0 saturated heterocycles. The first-order chi connectivity index (χ1) is 7.91. The van der Waals surface area contributed by atoms with Gasteiger partial charge < -0.3 is 10.2 Å². The monoisotopic (exact) mass is 254 g/mol. The summed E-state index contributed by atoms with van der Waals surface area (Å²) in [5.41, 5.74) is 0.430. The van der Waals surface area contributed by atoms with Gasteiger partial charge >= 0.3 is 11.9 Å². The minimum Gasteiger partial charge on any atom is -0.481 e. The number of hydrogen-bond donors (Lipinski definition) is 2. The molecule has 1 aromatic rings. The molecule has 90 valence electrons. The highest BCUT2D eigenvalue weighted by Gasteiger charge is 2.22. The van der Waals surface area contributed by atoms with Gasteiger partial charge in [-0.2, -0.15) is 0 Å². The standard InChI is InChI=1S/C12H11ClO4/c1-7(11(14)15)10(12(16)17)6-8-2-4-9(13)5-3-8/h2-7H,1H3,(H,14,15)(H,16,17)/b10-6-/t7-/m1/s1. The van der Waals surface area contributed by atoms with Gasteiger partial charge in [0.25, 0.3) is 0 Å². The Balaban J connectivity index is 3.10. The van der Waals surface area contributed by atoms with Gasteiger partial charge in [0.1, 0.15) is 0 Å². The van der Waals surface area contributed by atoms with E-state index in [9.17, 15) is 9.59 Å². The van der Waals surface area contributed by atoms with Crippen LogP contribution in [0.5, 0.6) is 0 Å². The Morgan fingerprint density at radius 1 is 1.24 bits per heavy atom. The molecule has 0 aromatic heterocycles. The van der Waals surface area contributed by atoms with Crippen molar-refractivity contribution in [3.63, 3.8) is 0 Å². The van der Waals surface area contributed by atoms with Gasteiger partial charge in [0, 0.05) is 5.02 Å². The maximum atomic E-state index is 11.0. The van der Waals surface area contributed by atoms with Crippen LogP contribution in [0.4, 0.5) is 0 Å². The second-order valence-electron chi connectivity index (χ2n) is 3.52. The molecule has 0 aliphatic rings. The highest BCUT2D eigenvalue weighted by Crippen LogP contribution is 2.17. The highest BCUT2D eigenvalue weighted by atomic mass is 35.5. The molecular formula is C12H11ClO4. The summed E-state index contributed by atoms with van der Waals surface area (Å²) in [5, 5.41) is 18.3. The average Bonchev–Trinajstić information content (AvgIpc) is 2.26. The lowest BCUT2D eigenvalue weighted by molar-refractivity contribution is -0.143. The van der Waals surface area contributed by atoms with E-state index in [0.29, 0.717) is 10.6 Å². The molecule has 0 bridgehead atoms. The van der Waals surface area contributed by atoms with Crippen LogP contribution in [0.15, 0.2) is 29.8 Å². The Hall–Kier alpha value is -1.81. The summed E-state index contributed by atoms with van der Waals surface area (Å²) in [7, 11) is 0. The van der Waals surface area contributed by atoms with E-state index in [-0.39, 0.29) is 5.57 Å². The van der Waals surface area contributed by atoms with E-state index in [4.69, 9.17) is 21.8 Å². The van der Waals surface area contributed by atoms with E-state index >= 15 is 0 Å². The molecule has 0 unspecified atom stereocenters. The summed E-state index contributed by atoms with van der Waals surface area (Å²) in [6, 6.07) is 6.47. The van der Waals surface area contributed by atoms with Crippen molar-refractivity contribution in [3.05, 3.63) is 40.4 Å². The van der Waals surface area contributed by atoms with E-state index in [0.717, 1.165) is 0 Å². The Labute approximate surface area is 103 Å². The summed E-state index contributed by atoms with van der Waals surface area (Å²) in [6.07, 6.45) is 1.33. The molecule has 1 aromatic carbocycles. The van der Waals surface area contributed by atoms with Crippen molar-refractivity contribution >= 4 is 29.6 Å². The smallest absolute Gasteiger partial charge is 0.332 e. The van der Waals surface area contributed by atoms with E-state index in [1.54, 1.807) is 24.3 Å². The van der Waals surface area contributed by atoms with E-state index in [1.807, 2.05) is 0 Å². The molecule has 2 N–H and O–H groups in total. The molecule has 4 nitrogen and oxygen atoms in total. The number of carbonyl (C=O) groups is 2. The van der Waals surface area contributed by atoms with Crippen LogP contribution in [0.3, 0.4) is 0 Å². The minimum absolute atomic E-state index is 0.167. The molecule has 0 heterocycles. The molecule has 0 saturated carbocycles. The second kappa shape index (κ2) is 5.50. The number of benzene rings is 1. The largest absolute Gasteiger partial charge is 0.481 e. The van der Waals surface area contributed by atoms with E-state index < -0.39 is 17.9 Å². The van der Waals surface area contributed by atoms with Crippen LogP contribution in [0.1, 0.15) is 12.5 Å². The van der Waals surface area contributed by atoms with Crippen molar-refractivity contribution in [2.45, 2.75) is 6.92 Å². The summed E-state index contributed by atoms with van der Waals surface area (Å²) in [6.45, 7) is 1.33. The van der Waals surface area contributed by atoms with Gasteiger partial charge in [-0.15, -0.1) is 0 Å². The summed E-state index contributed by atoms with van der Waals surface area (Å²) >= 11 is 5.69. The number of aliphatic carboxylic acids is 2. The zero-order valence-electron chi connectivity index (χ0n) is 9.05. The molecule has 0 aliphatic heterocycles. The van der Waals surface area contributed by atoms with Crippen molar-refractivity contribution < 1.29 is 19.8 Å². The lowest BCUT2D eigenvalue weighted by Gasteiger charge is -2.07. The van der Waals surface area contributed by atoms with Gasteiger partial charge in [-0.1, -0.05) is 23.7 Å². The Kier molecular flexibility index (Phi) is 4.29. The fourth-order valence-electron chi connectivity index (χ4n) is 1.24. The van der Waals surface area contributed by atoms with Crippen LogP contribution in [-0.2, 0) is 9.59 Å². The molecule has 0 amide bonds. The molecule has 17 heavy (non-hydrogen) atoms. The van der Waals surface area contributed by atoms with Crippen LogP contribution in [0.2, 0.25) is 5.02 Å². The van der Waals surface area contributed by atoms with Gasteiger partial charge in [0.05, 0.1) is 11.5 Å². The normalized spacial score (nSPS) is 13.2. The predicted octanol–water partition coefficient (Wildman–Crippen LogP) is 2.53. The topological polar surface area (TPSA) is 74.6 Å². The molecular weight excluding hydrogens is 244 g/mol. The third-order valence-electron chi connectivity index (χ3n) is 2.28. The van der Waals surface area contributed by atoms with Crippen molar-refractivity contribution in [1.82, 2.24) is 0 Å². The maximum Gasteiger partial charge on any atom is 0.332 e. The number of halogens is 1. The minimum atomic E-state index is -1.24. The van der Waals surface area contributed by atoms with Crippen LogP contribution in [0.25, 0.3) is 6.08 Å². The van der Waals surface area contributed by atoms with Crippen LogP contribution >= 0.6 is 11.6 Å². The highest BCUT2D eigenvalue weighted by molar-refractivity contribution is 6.30. The van der Waals surface area contributed by atoms with Crippen molar-refractivity contribution in [2.24, 2.45) is 5.92 Å². The fraction of sp³-hybridized carbons (Fsp3) is 0.167. The lowest BCUT2D eigenvalue weighted by Crippen LogP contribution is -2.18. The fourth-order valence-corrected chi connectivity index (χ4v) is 1.37. The first kappa shape index (κ1) is 13.3. The lowest BCUT2D eigenvalue weighted by atomic mass is 9.99. The molecule has 0 spiro atoms. The molecule has 1 atom stereocenters. The van der Waals surface area contributed by atoms with Gasteiger partial charge in [-0.3, -0.25) is 4.79 Å². The quantitative estimate of drug-likeness (QED) is 0.810. The Morgan fingerprint density at radius 2 is 1.76 bits per heavy atom. The number of hydrogen-bond acceptors (Lipinski definition) is 2. The number of rotatable bonds is 4. The van der Waals surface area contributed by atoms with E-state index in [1.165, 1.54) is 13.0 Å². The molecule has 0 fully saturated rings. The zero-order valence-corrected chi connectivity index (χ0v) is 9.81. The van der Waals surface area contributed by atoms with E-state index in [2.05, 4.69) is 0 Å².